The van der Waals surface area contributed by atoms with Gasteiger partial charge in [-0.05, 0) is 48.3 Å². The predicted octanol–water partition coefficient (Wildman–Crippen LogP) is 5.41. The maximum atomic E-state index is 6.06. The van der Waals surface area contributed by atoms with Gasteiger partial charge in [-0.3, -0.25) is 0 Å². The van der Waals surface area contributed by atoms with Crippen molar-refractivity contribution in [1.82, 2.24) is 0 Å². The fraction of sp³-hybridized carbons (Fsp3) is 0.714. The second-order valence-corrected chi connectivity index (χ2v) is 11.2. The quantitative estimate of drug-likeness (QED) is 0.576. The van der Waals surface area contributed by atoms with E-state index in [9.17, 15) is 0 Å². The van der Waals surface area contributed by atoms with E-state index in [4.69, 9.17) is 13.3 Å². The lowest BCUT2D eigenvalue weighted by molar-refractivity contribution is 0.0704. The van der Waals surface area contributed by atoms with Crippen molar-refractivity contribution in [2.75, 3.05) is 19.8 Å². The Morgan fingerprint density at radius 2 is 1.04 bits per heavy atom. The van der Waals surface area contributed by atoms with Crippen LogP contribution in [0.25, 0.3) is 0 Å². The third-order valence-electron chi connectivity index (χ3n) is 4.24. The van der Waals surface area contributed by atoms with Gasteiger partial charge >= 0.3 is 8.80 Å². The van der Waals surface area contributed by atoms with E-state index < -0.39 is 8.80 Å². The first kappa shape index (κ1) is 22.4. The summed E-state index contributed by atoms with van der Waals surface area (Å²) in [5, 5.41) is 0. The third-order valence-corrected chi connectivity index (χ3v) is 7.26. The highest BCUT2D eigenvalue weighted by Crippen LogP contribution is 2.31. The van der Waals surface area contributed by atoms with Crippen LogP contribution < -0.4 is 0 Å². The van der Waals surface area contributed by atoms with E-state index >= 15 is 0 Å². The van der Waals surface area contributed by atoms with Crippen LogP contribution in [-0.4, -0.2) is 28.6 Å². The molecule has 0 bridgehead atoms. The van der Waals surface area contributed by atoms with Crippen LogP contribution in [0.3, 0.4) is 0 Å². The summed E-state index contributed by atoms with van der Waals surface area (Å²) < 4.78 is 18.2. The molecule has 1 aromatic carbocycles. The molecule has 3 nitrogen and oxygen atoms in total. The van der Waals surface area contributed by atoms with Gasteiger partial charge < -0.3 is 13.3 Å². The van der Waals surface area contributed by atoms with Gasteiger partial charge in [0.1, 0.15) is 0 Å². The number of hydrogen-bond donors (Lipinski definition) is 0. The van der Waals surface area contributed by atoms with Gasteiger partial charge in [-0.15, -0.1) is 0 Å². The molecular weight excluding hydrogens is 328 g/mol. The third kappa shape index (κ3) is 6.52. The molecule has 0 aliphatic rings. The van der Waals surface area contributed by atoms with E-state index in [1.807, 2.05) is 20.8 Å². The van der Waals surface area contributed by atoms with Crippen molar-refractivity contribution < 1.29 is 13.3 Å². The minimum atomic E-state index is -2.70. The highest BCUT2D eigenvalue weighted by atomic mass is 28.4. The normalized spacial score (nSPS) is 13.3. The monoisotopic (exact) mass is 366 g/mol. The minimum Gasteiger partial charge on any atom is -0.374 e. The first-order valence-electron chi connectivity index (χ1n) is 9.54. The minimum absolute atomic E-state index is 0.100. The molecule has 0 N–H and O–H groups in total. The standard InChI is InChI=1S/C21H38O3Si/c1-10-22-25(23-11-2,24-12-3)16-17-13-18(20(4,5)6)15-19(14-17)21(7,8)9/h13-15H,10-12,16H2,1-9H3. The topological polar surface area (TPSA) is 27.7 Å². The zero-order valence-corrected chi connectivity index (χ0v) is 18.8. The van der Waals surface area contributed by atoms with Gasteiger partial charge in [0.05, 0.1) is 0 Å². The molecule has 0 aliphatic carbocycles. The van der Waals surface area contributed by atoms with Gasteiger partial charge in [-0.2, -0.15) is 0 Å². The van der Waals surface area contributed by atoms with Crippen molar-refractivity contribution in [2.45, 2.75) is 79.2 Å². The summed E-state index contributed by atoms with van der Waals surface area (Å²) in [6, 6.07) is 7.66. The van der Waals surface area contributed by atoms with Crippen molar-refractivity contribution in [3.05, 3.63) is 34.9 Å². The van der Waals surface area contributed by atoms with Crippen LogP contribution in [0.1, 0.15) is 79.0 Å². The molecule has 0 spiro atoms. The lowest BCUT2D eigenvalue weighted by Gasteiger charge is -2.30. The van der Waals surface area contributed by atoms with E-state index in [2.05, 4.69) is 59.7 Å². The van der Waals surface area contributed by atoms with Crippen molar-refractivity contribution in [3.8, 4) is 0 Å². The molecule has 4 heteroatoms. The average molecular weight is 367 g/mol. The largest absolute Gasteiger partial charge is 0.505 e. The second-order valence-electron chi connectivity index (χ2n) is 8.58. The van der Waals surface area contributed by atoms with E-state index in [1.54, 1.807) is 0 Å². The Bertz CT molecular complexity index is 492. The molecule has 0 amide bonds. The molecule has 0 atom stereocenters. The number of hydrogen-bond acceptors (Lipinski definition) is 3. The Morgan fingerprint density at radius 1 is 0.680 bits per heavy atom. The summed E-state index contributed by atoms with van der Waals surface area (Å²) in [4.78, 5) is 0. The lowest BCUT2D eigenvalue weighted by atomic mass is 9.80. The highest BCUT2D eigenvalue weighted by Gasteiger charge is 2.41. The summed E-state index contributed by atoms with van der Waals surface area (Å²) in [6.45, 7) is 21.4. The van der Waals surface area contributed by atoms with Gasteiger partial charge in [0.25, 0.3) is 0 Å². The van der Waals surface area contributed by atoms with Crippen molar-refractivity contribution in [3.63, 3.8) is 0 Å². The molecule has 0 radical (unpaired) electrons. The smallest absolute Gasteiger partial charge is 0.374 e. The fourth-order valence-corrected chi connectivity index (χ4v) is 5.43. The summed E-state index contributed by atoms with van der Waals surface area (Å²) in [7, 11) is -2.70. The van der Waals surface area contributed by atoms with Gasteiger partial charge in [-0.1, -0.05) is 59.7 Å². The van der Waals surface area contributed by atoms with Gasteiger partial charge in [0.2, 0.25) is 0 Å². The van der Waals surface area contributed by atoms with Gasteiger partial charge in [0.15, 0.2) is 0 Å². The molecule has 25 heavy (non-hydrogen) atoms. The predicted molar refractivity (Wildman–Crippen MR) is 108 cm³/mol. The molecule has 144 valence electrons. The van der Waals surface area contributed by atoms with E-state index in [-0.39, 0.29) is 10.8 Å². The molecule has 0 unspecified atom stereocenters. The molecule has 1 aromatic rings. The summed E-state index contributed by atoms with van der Waals surface area (Å²) in [5.74, 6) is 0. The maximum absolute atomic E-state index is 6.06. The maximum Gasteiger partial charge on any atom is 0.505 e. The first-order valence-corrected chi connectivity index (χ1v) is 11.5. The van der Waals surface area contributed by atoms with E-state index in [0.29, 0.717) is 19.8 Å². The molecule has 1 rings (SSSR count). The van der Waals surface area contributed by atoms with Crippen LogP contribution in [0.4, 0.5) is 0 Å². The summed E-state index contributed by atoms with van der Waals surface area (Å²) in [6.07, 6.45) is 0. The average Bonchev–Trinajstić information content (AvgIpc) is 2.46. The molecule has 0 fully saturated rings. The molecule has 0 aliphatic heterocycles. The zero-order valence-electron chi connectivity index (χ0n) is 17.8. The van der Waals surface area contributed by atoms with Gasteiger partial charge in [0, 0.05) is 25.9 Å². The Balaban J connectivity index is 3.37. The lowest BCUT2D eigenvalue weighted by Crippen LogP contribution is -2.48. The Hall–Kier alpha value is -0.683. The Labute approximate surface area is 156 Å². The van der Waals surface area contributed by atoms with E-state index in [0.717, 1.165) is 6.04 Å². The fourth-order valence-electron chi connectivity index (χ4n) is 2.85. The van der Waals surface area contributed by atoms with Crippen LogP contribution in [0, 0.1) is 0 Å². The Morgan fingerprint density at radius 3 is 1.32 bits per heavy atom. The SMILES string of the molecule is CCO[Si](Cc1cc(C(C)(C)C)cc(C(C)(C)C)c1)(OCC)OCC. The van der Waals surface area contributed by atoms with Crippen LogP contribution in [-0.2, 0) is 30.2 Å². The van der Waals surface area contributed by atoms with Crippen LogP contribution in [0.2, 0.25) is 0 Å². The highest BCUT2D eigenvalue weighted by molar-refractivity contribution is 6.60. The van der Waals surface area contributed by atoms with Crippen LogP contribution in [0.5, 0.6) is 0 Å². The Kier molecular flexibility index (Phi) is 7.87. The van der Waals surface area contributed by atoms with Crippen molar-refractivity contribution in [1.29, 1.82) is 0 Å². The van der Waals surface area contributed by atoms with Crippen molar-refractivity contribution >= 4 is 8.80 Å². The molecule has 0 heterocycles. The van der Waals surface area contributed by atoms with Crippen molar-refractivity contribution in [2.24, 2.45) is 0 Å². The van der Waals surface area contributed by atoms with Gasteiger partial charge in [-0.25, -0.2) is 0 Å². The van der Waals surface area contributed by atoms with Crippen LogP contribution >= 0.6 is 0 Å². The molecular formula is C21H38O3Si. The summed E-state index contributed by atoms with van der Waals surface area (Å²) in [5.41, 5.74) is 4.15. The number of rotatable bonds is 8. The van der Waals surface area contributed by atoms with E-state index in [1.165, 1.54) is 16.7 Å². The number of benzene rings is 1. The molecule has 0 aromatic heterocycles. The molecule has 0 saturated carbocycles. The van der Waals surface area contributed by atoms with Crippen LogP contribution in [0.15, 0.2) is 18.2 Å². The first-order chi connectivity index (χ1) is 11.5. The second kappa shape index (κ2) is 8.80. The molecule has 0 saturated heterocycles. The zero-order chi connectivity index (χ0) is 19.3. The summed E-state index contributed by atoms with van der Waals surface area (Å²) >= 11 is 0.